The highest BCUT2D eigenvalue weighted by atomic mass is 16.3. The summed E-state index contributed by atoms with van der Waals surface area (Å²) < 4.78 is 1.29. The summed E-state index contributed by atoms with van der Waals surface area (Å²) in [6, 6.07) is 8.30. The van der Waals surface area contributed by atoms with Crippen molar-refractivity contribution in [2.24, 2.45) is 17.8 Å². The Morgan fingerprint density at radius 1 is 1.12 bits per heavy atom. The van der Waals surface area contributed by atoms with Crippen molar-refractivity contribution in [1.29, 1.82) is 0 Å². The molecule has 0 unspecified atom stereocenters. The Morgan fingerprint density at radius 3 is 2.56 bits per heavy atom. The number of allylic oxidation sites excluding steroid dienone is 2. The van der Waals surface area contributed by atoms with Crippen LogP contribution in [0.15, 0.2) is 36.4 Å². The van der Waals surface area contributed by atoms with E-state index in [0.29, 0.717) is 0 Å². The zero-order valence-electron chi connectivity index (χ0n) is 15.4. The quantitative estimate of drug-likeness (QED) is 0.588. The first-order chi connectivity index (χ1) is 12.0. The summed E-state index contributed by atoms with van der Waals surface area (Å²) in [4.78, 5) is 15.6. The van der Waals surface area contributed by atoms with Crippen LogP contribution < -0.4 is 0 Å². The van der Waals surface area contributed by atoms with E-state index in [9.17, 15) is 4.91 Å². The number of piperidine rings is 1. The van der Waals surface area contributed by atoms with Crippen molar-refractivity contribution < 1.29 is 4.76 Å². The SMILES string of the molecule is CC1(C)[N+](=O)c2ccccc2C12CCN(C[C@H]1C[C@@H]3C=C[C@@H]1C3)CC2. The van der Waals surface area contributed by atoms with Gasteiger partial charge >= 0.3 is 0 Å². The van der Waals surface area contributed by atoms with Crippen LogP contribution in [0.4, 0.5) is 5.69 Å². The largest absolute Gasteiger partial charge is 0.303 e. The van der Waals surface area contributed by atoms with Crippen LogP contribution in [0.2, 0.25) is 0 Å². The molecule has 2 bridgehead atoms. The monoisotopic (exact) mass is 337 g/mol. The Hall–Kier alpha value is -1.48. The second-order valence-corrected chi connectivity index (χ2v) is 9.29. The summed E-state index contributed by atoms with van der Waals surface area (Å²) in [5, 5.41) is 0. The third-order valence-corrected chi connectivity index (χ3v) is 7.94. The summed E-state index contributed by atoms with van der Waals surface area (Å²) in [5.41, 5.74) is 1.85. The van der Waals surface area contributed by atoms with Crippen LogP contribution in [-0.4, -0.2) is 34.8 Å². The molecule has 0 radical (unpaired) electrons. The van der Waals surface area contributed by atoms with Gasteiger partial charge in [-0.25, -0.2) is 0 Å². The van der Waals surface area contributed by atoms with E-state index in [1.165, 1.54) is 29.7 Å². The Morgan fingerprint density at radius 2 is 1.88 bits per heavy atom. The molecule has 4 aliphatic rings. The average molecular weight is 337 g/mol. The number of nitroso groups, excluding NO2 is 1. The minimum absolute atomic E-state index is 0.0103. The van der Waals surface area contributed by atoms with Gasteiger partial charge in [0.05, 0.1) is 5.41 Å². The minimum atomic E-state index is -0.349. The highest BCUT2D eigenvalue weighted by Crippen LogP contribution is 2.55. The summed E-state index contributed by atoms with van der Waals surface area (Å²) in [5.74, 6) is 2.56. The van der Waals surface area contributed by atoms with Crippen LogP contribution in [0.25, 0.3) is 0 Å². The fourth-order valence-electron chi connectivity index (χ4n) is 6.32. The van der Waals surface area contributed by atoms with Crippen molar-refractivity contribution in [2.75, 3.05) is 19.6 Å². The molecule has 2 heterocycles. The van der Waals surface area contributed by atoms with Gasteiger partial charge in [-0.3, -0.25) is 0 Å². The smallest absolute Gasteiger partial charge is 0.260 e. The van der Waals surface area contributed by atoms with E-state index in [0.717, 1.165) is 49.4 Å². The molecule has 2 aliphatic heterocycles. The fourth-order valence-corrected chi connectivity index (χ4v) is 6.32. The molecular formula is C22H29N2O+. The Balaban J connectivity index is 1.35. The lowest BCUT2D eigenvalue weighted by Crippen LogP contribution is -2.54. The molecule has 1 aromatic rings. The van der Waals surface area contributed by atoms with E-state index in [2.05, 4.69) is 43.0 Å². The van der Waals surface area contributed by atoms with Crippen molar-refractivity contribution in [3.05, 3.63) is 46.9 Å². The first-order valence-electron chi connectivity index (χ1n) is 9.99. The Labute approximate surface area is 150 Å². The molecule has 1 spiro atoms. The first kappa shape index (κ1) is 15.7. The summed E-state index contributed by atoms with van der Waals surface area (Å²) in [7, 11) is 0. The van der Waals surface area contributed by atoms with Gasteiger partial charge in [0, 0.05) is 41.7 Å². The molecule has 3 atom stereocenters. The van der Waals surface area contributed by atoms with Crippen molar-refractivity contribution >= 4 is 5.69 Å². The van der Waals surface area contributed by atoms with Crippen LogP contribution >= 0.6 is 0 Å². The van der Waals surface area contributed by atoms with E-state index in [1.807, 2.05) is 12.1 Å². The molecule has 132 valence electrons. The number of hydrogen-bond acceptors (Lipinski definition) is 2. The predicted molar refractivity (Wildman–Crippen MR) is 100 cm³/mol. The molecule has 2 fully saturated rings. The molecule has 2 aliphatic carbocycles. The van der Waals surface area contributed by atoms with Crippen LogP contribution in [0.1, 0.15) is 45.1 Å². The highest BCUT2D eigenvalue weighted by molar-refractivity contribution is 5.51. The maximum absolute atomic E-state index is 12.9. The molecule has 3 nitrogen and oxygen atoms in total. The third-order valence-electron chi connectivity index (χ3n) is 7.94. The maximum atomic E-state index is 12.9. The predicted octanol–water partition coefficient (Wildman–Crippen LogP) is 4.44. The molecule has 1 aromatic carbocycles. The summed E-state index contributed by atoms with van der Waals surface area (Å²) in [6.07, 6.45) is 9.90. The van der Waals surface area contributed by atoms with Crippen molar-refractivity contribution in [3.63, 3.8) is 0 Å². The van der Waals surface area contributed by atoms with Crippen LogP contribution in [0, 0.1) is 22.7 Å². The topological polar surface area (TPSA) is 23.3 Å². The normalized spacial score (nSPS) is 34.8. The number of nitrogens with zero attached hydrogens (tertiary/aromatic N) is 2. The number of fused-ring (bicyclic) bond motifs is 4. The van der Waals surface area contributed by atoms with Gasteiger partial charge in [-0.15, -0.1) is 0 Å². The van der Waals surface area contributed by atoms with Gasteiger partial charge in [-0.1, -0.05) is 30.4 Å². The molecule has 3 heteroatoms. The lowest BCUT2D eigenvalue weighted by Gasteiger charge is -2.43. The van der Waals surface area contributed by atoms with Crippen molar-refractivity contribution in [1.82, 2.24) is 4.90 Å². The van der Waals surface area contributed by atoms with Gasteiger partial charge in [-0.2, -0.15) is 0 Å². The molecular weight excluding hydrogens is 308 g/mol. The molecule has 5 rings (SSSR count). The van der Waals surface area contributed by atoms with E-state index < -0.39 is 0 Å². The van der Waals surface area contributed by atoms with Gasteiger partial charge in [0.1, 0.15) is 0 Å². The fraction of sp³-hybridized carbons (Fsp3) is 0.636. The average Bonchev–Trinajstić information content (AvgIpc) is 3.28. The number of rotatable bonds is 2. The van der Waals surface area contributed by atoms with E-state index in [1.54, 1.807) is 0 Å². The van der Waals surface area contributed by atoms with E-state index in [-0.39, 0.29) is 11.0 Å². The second-order valence-electron chi connectivity index (χ2n) is 9.29. The molecule has 1 saturated heterocycles. The zero-order valence-corrected chi connectivity index (χ0v) is 15.4. The molecule has 1 saturated carbocycles. The lowest BCUT2D eigenvalue weighted by atomic mass is 9.63. The van der Waals surface area contributed by atoms with Crippen molar-refractivity contribution in [3.8, 4) is 0 Å². The third kappa shape index (κ3) is 2.08. The molecule has 0 N–H and O–H groups in total. The maximum Gasteiger partial charge on any atom is 0.260 e. The van der Waals surface area contributed by atoms with Gasteiger partial charge in [0.25, 0.3) is 5.69 Å². The second kappa shape index (κ2) is 5.26. The van der Waals surface area contributed by atoms with Crippen LogP contribution in [0.3, 0.4) is 0 Å². The molecule has 0 amide bonds. The number of benzene rings is 1. The zero-order chi connectivity index (χ0) is 17.2. The van der Waals surface area contributed by atoms with Crippen molar-refractivity contribution in [2.45, 2.75) is 50.5 Å². The first-order valence-corrected chi connectivity index (χ1v) is 9.99. The van der Waals surface area contributed by atoms with Gasteiger partial charge in [0.15, 0.2) is 0 Å². The van der Waals surface area contributed by atoms with E-state index >= 15 is 0 Å². The van der Waals surface area contributed by atoms with Gasteiger partial charge < -0.3 is 4.90 Å². The van der Waals surface area contributed by atoms with Crippen LogP contribution in [0.5, 0.6) is 0 Å². The number of para-hydroxylation sites is 1. The lowest BCUT2D eigenvalue weighted by molar-refractivity contribution is -0.547. The summed E-state index contributed by atoms with van der Waals surface area (Å²) in [6.45, 7) is 7.81. The minimum Gasteiger partial charge on any atom is -0.303 e. The van der Waals surface area contributed by atoms with Gasteiger partial charge in [0.2, 0.25) is 5.54 Å². The standard InChI is InChI=1S/C22H29N2O/c1-21(2)22(19-5-3-4-6-20(19)24(21)25)9-11-23(12-10-22)15-18-14-16-7-8-17(18)13-16/h3-8,16-18H,9-15H2,1-2H3/q+1/t16-,17-,18-/m1/s1. The Kier molecular flexibility index (Phi) is 3.31. The van der Waals surface area contributed by atoms with E-state index in [4.69, 9.17) is 0 Å². The Bertz CT molecular complexity index is 742. The van der Waals surface area contributed by atoms with Crippen LogP contribution in [-0.2, 0) is 5.41 Å². The van der Waals surface area contributed by atoms with Gasteiger partial charge in [-0.05, 0) is 56.5 Å². The molecule has 25 heavy (non-hydrogen) atoms. The number of likely N-dealkylation sites (tertiary alicyclic amines) is 1. The highest BCUT2D eigenvalue weighted by Gasteiger charge is 2.65. The molecule has 0 aromatic heterocycles. The number of hydrogen-bond donors (Lipinski definition) is 0. The summed E-state index contributed by atoms with van der Waals surface area (Å²) >= 11 is 0.